The van der Waals surface area contributed by atoms with E-state index in [1.165, 1.54) is 0 Å². The van der Waals surface area contributed by atoms with Crippen molar-refractivity contribution in [3.63, 3.8) is 0 Å². The normalized spacial score (nSPS) is 20.2. The number of nitrogens with zero attached hydrogens (tertiary/aromatic N) is 4. The van der Waals surface area contributed by atoms with Crippen LogP contribution in [0.2, 0.25) is 0 Å². The number of nitriles is 1. The molecule has 1 aromatic carbocycles. The second-order valence-corrected chi connectivity index (χ2v) is 7.68. The van der Waals surface area contributed by atoms with E-state index in [2.05, 4.69) is 26.9 Å². The van der Waals surface area contributed by atoms with Gasteiger partial charge in [0.05, 0.1) is 23.1 Å². The second-order valence-electron chi connectivity index (χ2n) is 6.77. The van der Waals surface area contributed by atoms with E-state index in [1.807, 2.05) is 29.2 Å². The first-order chi connectivity index (χ1) is 12.2. The van der Waals surface area contributed by atoms with Crippen LogP contribution in [0, 0.1) is 17.2 Å². The van der Waals surface area contributed by atoms with Gasteiger partial charge >= 0.3 is 0 Å². The predicted octanol–water partition coefficient (Wildman–Crippen LogP) is 3.32. The van der Waals surface area contributed by atoms with Crippen LogP contribution in [-0.4, -0.2) is 42.0 Å². The number of amides is 1. The Kier molecular flexibility index (Phi) is 4.34. The number of halogens is 1. The van der Waals surface area contributed by atoms with Gasteiger partial charge in [-0.3, -0.25) is 4.79 Å². The lowest BCUT2D eigenvalue weighted by atomic mass is 10.1. The lowest BCUT2D eigenvalue weighted by molar-refractivity contribution is -0.133. The molecule has 3 heterocycles. The molecule has 0 bridgehead atoms. The van der Waals surface area contributed by atoms with Crippen LogP contribution < -0.4 is 4.90 Å². The van der Waals surface area contributed by atoms with Gasteiger partial charge in [-0.2, -0.15) is 5.26 Å². The summed E-state index contributed by atoms with van der Waals surface area (Å²) < 4.78 is 0.934. The molecule has 0 spiro atoms. The number of hydrogen-bond donors (Lipinski definition) is 0. The Balaban J connectivity index is 1.59. The third-order valence-corrected chi connectivity index (χ3v) is 5.65. The van der Waals surface area contributed by atoms with Crippen molar-refractivity contribution < 1.29 is 4.79 Å². The van der Waals surface area contributed by atoms with Gasteiger partial charge in [0, 0.05) is 36.0 Å². The maximum absolute atomic E-state index is 12.6. The van der Waals surface area contributed by atoms with E-state index in [0.717, 1.165) is 60.1 Å². The van der Waals surface area contributed by atoms with Crippen molar-refractivity contribution >= 4 is 38.6 Å². The zero-order valence-corrected chi connectivity index (χ0v) is 15.5. The maximum atomic E-state index is 12.6. The Morgan fingerprint density at radius 2 is 2.04 bits per heavy atom. The molecule has 1 atom stereocenters. The van der Waals surface area contributed by atoms with Crippen molar-refractivity contribution in [3.05, 3.63) is 34.3 Å². The first kappa shape index (κ1) is 16.3. The standard InChI is InChI=1S/C19H19BrN4O/c20-15-3-4-17-16(10-15)14(11-21)9-18(22-17)24-8-5-13(12-24)19(25)23-6-1-2-7-23/h3-4,9-10,13H,1-2,5-8,12H2/t13-/m0/s1. The zero-order valence-electron chi connectivity index (χ0n) is 13.9. The van der Waals surface area contributed by atoms with Gasteiger partial charge in [0.15, 0.2) is 0 Å². The highest BCUT2D eigenvalue weighted by Crippen LogP contribution is 2.29. The van der Waals surface area contributed by atoms with Crippen LogP contribution in [0.3, 0.4) is 0 Å². The summed E-state index contributed by atoms with van der Waals surface area (Å²) in [7, 11) is 0. The average molecular weight is 399 g/mol. The molecule has 2 aliphatic rings. The Morgan fingerprint density at radius 1 is 1.24 bits per heavy atom. The summed E-state index contributed by atoms with van der Waals surface area (Å²) in [6.45, 7) is 3.30. The van der Waals surface area contributed by atoms with Gasteiger partial charge in [0.1, 0.15) is 5.82 Å². The third-order valence-electron chi connectivity index (χ3n) is 5.16. The van der Waals surface area contributed by atoms with E-state index in [-0.39, 0.29) is 11.8 Å². The Labute approximate surface area is 155 Å². The summed E-state index contributed by atoms with van der Waals surface area (Å²) in [4.78, 5) is 21.5. The van der Waals surface area contributed by atoms with Gasteiger partial charge in [0.2, 0.25) is 5.91 Å². The molecule has 5 nitrogen and oxygen atoms in total. The first-order valence-corrected chi connectivity index (χ1v) is 9.49. The maximum Gasteiger partial charge on any atom is 0.227 e. The highest BCUT2D eigenvalue weighted by atomic mass is 79.9. The molecule has 2 aliphatic heterocycles. The second kappa shape index (κ2) is 6.64. The quantitative estimate of drug-likeness (QED) is 0.778. The fourth-order valence-electron chi connectivity index (χ4n) is 3.80. The summed E-state index contributed by atoms with van der Waals surface area (Å²) in [5.74, 6) is 1.12. The van der Waals surface area contributed by atoms with Crippen LogP contribution >= 0.6 is 15.9 Å². The number of anilines is 1. The third kappa shape index (κ3) is 3.09. The highest BCUT2D eigenvalue weighted by Gasteiger charge is 2.33. The van der Waals surface area contributed by atoms with E-state index < -0.39 is 0 Å². The van der Waals surface area contributed by atoms with Gasteiger partial charge in [-0.05, 0) is 43.5 Å². The molecule has 1 aromatic heterocycles. The minimum atomic E-state index is 0.0473. The molecule has 1 amide bonds. The van der Waals surface area contributed by atoms with E-state index >= 15 is 0 Å². The monoisotopic (exact) mass is 398 g/mol. The van der Waals surface area contributed by atoms with Gasteiger partial charge in [-0.1, -0.05) is 15.9 Å². The van der Waals surface area contributed by atoms with Crippen LogP contribution in [0.15, 0.2) is 28.7 Å². The predicted molar refractivity (Wildman–Crippen MR) is 100 cm³/mol. The van der Waals surface area contributed by atoms with Gasteiger partial charge < -0.3 is 9.80 Å². The van der Waals surface area contributed by atoms with E-state index in [4.69, 9.17) is 4.98 Å². The number of fused-ring (bicyclic) bond motifs is 1. The largest absolute Gasteiger partial charge is 0.356 e. The van der Waals surface area contributed by atoms with Crippen molar-refractivity contribution in [2.24, 2.45) is 5.92 Å². The van der Waals surface area contributed by atoms with Crippen LogP contribution in [-0.2, 0) is 4.79 Å². The van der Waals surface area contributed by atoms with Gasteiger partial charge in [-0.15, -0.1) is 0 Å². The molecule has 4 rings (SSSR count). The summed E-state index contributed by atoms with van der Waals surface area (Å²) >= 11 is 3.45. The zero-order chi connectivity index (χ0) is 17.4. The number of rotatable bonds is 2. The number of carbonyl (C=O) groups is 1. The average Bonchev–Trinajstić information content (AvgIpc) is 3.32. The van der Waals surface area contributed by atoms with Crippen molar-refractivity contribution in [1.82, 2.24) is 9.88 Å². The molecule has 0 radical (unpaired) electrons. The van der Waals surface area contributed by atoms with Crippen LogP contribution in [0.1, 0.15) is 24.8 Å². The number of carbonyl (C=O) groups excluding carboxylic acids is 1. The molecule has 0 saturated carbocycles. The minimum Gasteiger partial charge on any atom is -0.356 e. The van der Waals surface area contributed by atoms with Crippen LogP contribution in [0.5, 0.6) is 0 Å². The smallest absolute Gasteiger partial charge is 0.227 e. The summed E-state index contributed by atoms with van der Waals surface area (Å²) in [5, 5.41) is 10.4. The molecule has 6 heteroatoms. The molecule has 2 fully saturated rings. The first-order valence-electron chi connectivity index (χ1n) is 8.70. The molecular formula is C19H19BrN4O. The Hall–Kier alpha value is -2.13. The number of pyridine rings is 1. The van der Waals surface area contributed by atoms with Gasteiger partial charge in [0.25, 0.3) is 0 Å². The van der Waals surface area contributed by atoms with Crippen molar-refractivity contribution in [1.29, 1.82) is 5.26 Å². The minimum absolute atomic E-state index is 0.0473. The number of aromatic nitrogens is 1. The SMILES string of the molecule is N#Cc1cc(N2CC[C@H](C(=O)N3CCCC3)C2)nc2ccc(Br)cc12. The van der Waals surface area contributed by atoms with E-state index in [9.17, 15) is 10.1 Å². The molecule has 2 saturated heterocycles. The molecule has 25 heavy (non-hydrogen) atoms. The van der Waals surface area contributed by atoms with Crippen molar-refractivity contribution in [2.45, 2.75) is 19.3 Å². The number of likely N-dealkylation sites (tertiary alicyclic amines) is 1. The molecule has 0 unspecified atom stereocenters. The number of hydrogen-bond acceptors (Lipinski definition) is 4. The Bertz CT molecular complexity index is 870. The molecule has 2 aromatic rings. The van der Waals surface area contributed by atoms with Crippen molar-refractivity contribution in [2.75, 3.05) is 31.1 Å². The summed E-state index contributed by atoms with van der Waals surface area (Å²) in [6.07, 6.45) is 3.10. The summed E-state index contributed by atoms with van der Waals surface area (Å²) in [5.41, 5.74) is 1.43. The van der Waals surface area contributed by atoms with Crippen LogP contribution in [0.4, 0.5) is 5.82 Å². The molecule has 0 N–H and O–H groups in total. The number of benzene rings is 1. The fourth-order valence-corrected chi connectivity index (χ4v) is 4.17. The van der Waals surface area contributed by atoms with Crippen LogP contribution in [0.25, 0.3) is 10.9 Å². The molecular weight excluding hydrogens is 380 g/mol. The van der Waals surface area contributed by atoms with E-state index in [1.54, 1.807) is 0 Å². The molecule has 0 aliphatic carbocycles. The van der Waals surface area contributed by atoms with Gasteiger partial charge in [-0.25, -0.2) is 4.98 Å². The van der Waals surface area contributed by atoms with E-state index in [0.29, 0.717) is 12.1 Å². The molecule has 128 valence electrons. The lowest BCUT2D eigenvalue weighted by Gasteiger charge is -2.21. The van der Waals surface area contributed by atoms with Crippen molar-refractivity contribution in [3.8, 4) is 6.07 Å². The lowest BCUT2D eigenvalue weighted by Crippen LogP contribution is -2.35. The fraction of sp³-hybridized carbons (Fsp3) is 0.421. The highest BCUT2D eigenvalue weighted by molar-refractivity contribution is 9.10. The summed E-state index contributed by atoms with van der Waals surface area (Å²) in [6, 6.07) is 9.90. The Morgan fingerprint density at radius 3 is 2.80 bits per heavy atom. The topological polar surface area (TPSA) is 60.2 Å².